The summed E-state index contributed by atoms with van der Waals surface area (Å²) in [6, 6.07) is 14.8. The zero-order valence-corrected chi connectivity index (χ0v) is 21.7. The molecule has 2 heterocycles. The summed E-state index contributed by atoms with van der Waals surface area (Å²) < 4.78 is 59.3. The second-order valence-corrected chi connectivity index (χ2v) is 9.87. The van der Waals surface area contributed by atoms with Gasteiger partial charge in [0.1, 0.15) is 17.6 Å². The number of carbonyl (C=O) groups excluding carboxylic acids is 1. The van der Waals surface area contributed by atoms with Crippen molar-refractivity contribution >= 4 is 5.97 Å². The highest BCUT2D eigenvalue weighted by Crippen LogP contribution is 2.47. The van der Waals surface area contributed by atoms with Crippen molar-refractivity contribution < 1.29 is 32.2 Å². The third kappa shape index (κ3) is 4.76. The van der Waals surface area contributed by atoms with Crippen LogP contribution in [-0.4, -0.2) is 39.9 Å². The lowest BCUT2D eigenvalue weighted by Gasteiger charge is -2.20. The van der Waals surface area contributed by atoms with Gasteiger partial charge in [0.15, 0.2) is 0 Å². The Kier molecular flexibility index (Phi) is 6.44. The number of benzene rings is 3. The monoisotopic (exact) mass is 550 g/mol. The van der Waals surface area contributed by atoms with Gasteiger partial charge < -0.3 is 14.2 Å². The maximum Gasteiger partial charge on any atom is 0.417 e. The van der Waals surface area contributed by atoms with E-state index in [1.54, 1.807) is 43.4 Å². The maximum absolute atomic E-state index is 14.1. The molecule has 0 bridgehead atoms. The van der Waals surface area contributed by atoms with Crippen LogP contribution in [0.15, 0.2) is 54.6 Å². The molecule has 2 aliphatic rings. The summed E-state index contributed by atoms with van der Waals surface area (Å²) >= 11 is 0. The molecule has 3 aromatic carbocycles. The Balaban J connectivity index is 1.30. The number of alkyl halides is 3. The fourth-order valence-corrected chi connectivity index (χ4v) is 5.49. The molecule has 8 nitrogen and oxygen atoms in total. The number of methoxy groups -OCH3 is 1. The number of nitrogens with zero attached hydrogens (tertiary/aromatic N) is 4. The van der Waals surface area contributed by atoms with Gasteiger partial charge in [0.05, 0.1) is 32.7 Å². The molecular weight excluding hydrogens is 525 g/mol. The van der Waals surface area contributed by atoms with Gasteiger partial charge in [-0.2, -0.15) is 18.0 Å². The predicted molar refractivity (Wildman–Crippen MR) is 138 cm³/mol. The lowest BCUT2D eigenvalue weighted by atomic mass is 9.91. The van der Waals surface area contributed by atoms with Gasteiger partial charge in [-0.3, -0.25) is 4.79 Å². The number of aromatic nitrogens is 4. The van der Waals surface area contributed by atoms with Crippen LogP contribution in [0.25, 0.3) is 22.5 Å². The van der Waals surface area contributed by atoms with Crippen LogP contribution in [0.4, 0.5) is 13.2 Å². The summed E-state index contributed by atoms with van der Waals surface area (Å²) in [5, 5.41) is 11.9. The van der Waals surface area contributed by atoms with Crippen molar-refractivity contribution in [3.63, 3.8) is 0 Å². The van der Waals surface area contributed by atoms with Gasteiger partial charge in [0.25, 0.3) is 0 Å². The molecule has 40 heavy (non-hydrogen) atoms. The van der Waals surface area contributed by atoms with E-state index in [9.17, 15) is 18.0 Å². The van der Waals surface area contributed by atoms with Crippen molar-refractivity contribution in [2.45, 2.75) is 37.5 Å². The minimum Gasteiger partial charge on any atom is -0.492 e. The topological polar surface area (TPSA) is 88.4 Å². The molecule has 0 N–H and O–H groups in total. The van der Waals surface area contributed by atoms with E-state index >= 15 is 0 Å². The number of rotatable bonds is 6. The molecule has 11 heteroatoms. The molecule has 2 atom stereocenters. The highest BCUT2D eigenvalue weighted by molar-refractivity contribution is 5.76. The molecule has 6 rings (SSSR count). The minimum absolute atomic E-state index is 0.0943. The third-order valence-electron chi connectivity index (χ3n) is 7.38. The van der Waals surface area contributed by atoms with Crippen LogP contribution >= 0.6 is 0 Å². The lowest BCUT2D eigenvalue weighted by Crippen LogP contribution is -2.10. The standard InChI is InChI=1S/C29H25F3N4O4/c1-36-34-28(33-35-36)17-5-3-16(4-6-17)27-22-10-12-24(21(22)9-11-23(27)29(30,31)32)40-19-7-8-20-18(13-26(37)38-2)15-39-25(20)14-19/h3-9,11,14,18,24H,10,12-13,15H2,1-2H3/t18-,24-/m1/s1. The third-order valence-corrected chi connectivity index (χ3v) is 7.38. The fourth-order valence-electron chi connectivity index (χ4n) is 5.49. The lowest BCUT2D eigenvalue weighted by molar-refractivity contribution is -0.141. The first kappa shape index (κ1) is 25.8. The zero-order valence-electron chi connectivity index (χ0n) is 21.7. The van der Waals surface area contributed by atoms with E-state index in [1.165, 1.54) is 18.0 Å². The van der Waals surface area contributed by atoms with Crippen LogP contribution in [0.5, 0.6) is 11.5 Å². The Morgan fingerprint density at radius 2 is 1.82 bits per heavy atom. The minimum atomic E-state index is -4.52. The molecule has 1 aromatic heterocycles. The van der Waals surface area contributed by atoms with Crippen molar-refractivity contribution in [1.82, 2.24) is 20.2 Å². The van der Waals surface area contributed by atoms with Gasteiger partial charge in [-0.05, 0) is 52.4 Å². The van der Waals surface area contributed by atoms with Gasteiger partial charge in [-0.1, -0.05) is 36.4 Å². The fraction of sp³-hybridized carbons (Fsp3) is 0.310. The average Bonchev–Trinajstić information content (AvgIpc) is 3.66. The first-order valence-corrected chi connectivity index (χ1v) is 12.8. The molecule has 0 amide bonds. The molecule has 0 fully saturated rings. The summed E-state index contributed by atoms with van der Waals surface area (Å²) in [5.41, 5.74) is 2.86. The van der Waals surface area contributed by atoms with Gasteiger partial charge in [-0.25, -0.2) is 0 Å². The van der Waals surface area contributed by atoms with E-state index in [4.69, 9.17) is 14.2 Å². The smallest absolute Gasteiger partial charge is 0.417 e. The van der Waals surface area contributed by atoms with Crippen molar-refractivity contribution in [3.8, 4) is 34.0 Å². The quantitative estimate of drug-likeness (QED) is 0.286. The van der Waals surface area contributed by atoms with E-state index in [1.807, 2.05) is 6.07 Å². The predicted octanol–water partition coefficient (Wildman–Crippen LogP) is 5.67. The summed E-state index contributed by atoms with van der Waals surface area (Å²) in [4.78, 5) is 13.0. The molecule has 0 unspecified atom stereocenters. The van der Waals surface area contributed by atoms with Gasteiger partial charge in [0.2, 0.25) is 5.82 Å². The molecule has 4 aromatic rings. The first-order chi connectivity index (χ1) is 19.2. The summed E-state index contributed by atoms with van der Waals surface area (Å²) in [6.45, 7) is 0.370. The van der Waals surface area contributed by atoms with E-state index in [0.717, 1.165) is 17.2 Å². The second-order valence-electron chi connectivity index (χ2n) is 9.87. The Morgan fingerprint density at radius 3 is 2.52 bits per heavy atom. The maximum atomic E-state index is 14.1. The Bertz CT molecular complexity index is 1580. The van der Waals surface area contributed by atoms with Gasteiger partial charge in [-0.15, -0.1) is 10.2 Å². The number of esters is 1. The Morgan fingerprint density at radius 1 is 1.07 bits per heavy atom. The number of halogens is 3. The van der Waals surface area contributed by atoms with Crippen LogP contribution in [0.3, 0.4) is 0 Å². The number of hydrogen-bond donors (Lipinski definition) is 0. The molecule has 0 saturated heterocycles. The number of ether oxygens (including phenoxy) is 3. The average molecular weight is 551 g/mol. The molecule has 0 spiro atoms. The summed E-state index contributed by atoms with van der Waals surface area (Å²) in [6.07, 6.45) is -3.74. The van der Waals surface area contributed by atoms with E-state index < -0.39 is 17.8 Å². The van der Waals surface area contributed by atoms with E-state index in [2.05, 4.69) is 15.4 Å². The first-order valence-electron chi connectivity index (χ1n) is 12.8. The summed E-state index contributed by atoms with van der Waals surface area (Å²) in [7, 11) is 2.99. The van der Waals surface area contributed by atoms with Crippen molar-refractivity contribution in [1.29, 1.82) is 0 Å². The van der Waals surface area contributed by atoms with Crippen LogP contribution in [0.2, 0.25) is 0 Å². The van der Waals surface area contributed by atoms with Crippen molar-refractivity contribution in [2.24, 2.45) is 7.05 Å². The van der Waals surface area contributed by atoms with Crippen LogP contribution < -0.4 is 9.47 Å². The van der Waals surface area contributed by atoms with Crippen molar-refractivity contribution in [2.75, 3.05) is 13.7 Å². The highest BCUT2D eigenvalue weighted by atomic mass is 19.4. The van der Waals surface area contributed by atoms with E-state index in [0.29, 0.717) is 53.5 Å². The molecule has 1 aliphatic heterocycles. The Labute approximate surface area is 227 Å². The highest BCUT2D eigenvalue weighted by Gasteiger charge is 2.38. The van der Waals surface area contributed by atoms with Crippen LogP contribution in [0, 0.1) is 0 Å². The normalized spacial score (nSPS) is 17.7. The molecular formula is C29H25F3N4O4. The van der Waals surface area contributed by atoms with Crippen LogP contribution in [-0.2, 0) is 29.2 Å². The molecule has 1 aliphatic carbocycles. The Hall–Kier alpha value is -4.41. The SMILES string of the molecule is COC(=O)C[C@@H]1COc2cc(O[C@@H]3CCc4c3ccc(C(F)(F)F)c4-c3ccc(-c4nnn(C)n4)cc3)ccc21. The number of fused-ring (bicyclic) bond motifs is 2. The largest absolute Gasteiger partial charge is 0.492 e. The molecule has 206 valence electrons. The van der Waals surface area contributed by atoms with E-state index in [-0.39, 0.29) is 23.9 Å². The van der Waals surface area contributed by atoms with Gasteiger partial charge in [0, 0.05) is 23.1 Å². The summed E-state index contributed by atoms with van der Waals surface area (Å²) in [5.74, 6) is 1.18. The van der Waals surface area contributed by atoms with Crippen LogP contribution in [0.1, 0.15) is 47.1 Å². The molecule has 0 saturated carbocycles. The number of carbonyl (C=O) groups is 1. The zero-order chi connectivity index (χ0) is 28.0. The van der Waals surface area contributed by atoms with Gasteiger partial charge >= 0.3 is 12.1 Å². The number of tetrazole rings is 1. The van der Waals surface area contributed by atoms with Crippen molar-refractivity contribution in [3.05, 3.63) is 76.9 Å². The number of hydrogen-bond acceptors (Lipinski definition) is 7. The molecule has 0 radical (unpaired) electrons. The number of aryl methyl sites for hydroxylation is 1. The second kappa shape index (κ2) is 9.96.